The number of phenols is 2. The average molecular weight is 235 g/mol. The first kappa shape index (κ1) is 11.5. The summed E-state index contributed by atoms with van der Waals surface area (Å²) in [6.07, 6.45) is 2.51. The van der Waals surface area contributed by atoms with Crippen LogP contribution in [0.1, 0.15) is 25.3 Å². The van der Waals surface area contributed by atoms with Crippen molar-refractivity contribution in [2.75, 3.05) is 0 Å². The van der Waals surface area contributed by atoms with Crippen LogP contribution < -0.4 is 0 Å². The van der Waals surface area contributed by atoms with E-state index in [1.54, 1.807) is 0 Å². The first-order valence-corrected chi connectivity index (χ1v) is 5.22. The third-order valence-electron chi connectivity index (χ3n) is 2.05. The van der Waals surface area contributed by atoms with Gasteiger partial charge in [-0.1, -0.05) is 36.5 Å². The molecule has 1 aromatic rings. The number of halogens is 2. The summed E-state index contributed by atoms with van der Waals surface area (Å²) < 4.78 is 0. The van der Waals surface area contributed by atoms with Crippen molar-refractivity contribution < 1.29 is 10.2 Å². The van der Waals surface area contributed by atoms with Crippen LogP contribution in [0.25, 0.3) is 0 Å². The number of unbranched alkanes of at least 4 members (excludes halogenated alkanes) is 1. The van der Waals surface area contributed by atoms with Gasteiger partial charge in [-0.3, -0.25) is 0 Å². The van der Waals surface area contributed by atoms with Gasteiger partial charge in [-0.15, -0.1) is 0 Å². The van der Waals surface area contributed by atoms with Gasteiger partial charge in [0.15, 0.2) is 11.5 Å². The average Bonchev–Trinajstić information content (AvgIpc) is 2.15. The third-order valence-corrected chi connectivity index (χ3v) is 2.87. The maximum absolute atomic E-state index is 9.54. The van der Waals surface area contributed by atoms with Crippen LogP contribution in [0.3, 0.4) is 0 Å². The molecule has 1 rings (SSSR count). The molecule has 0 amide bonds. The second-order valence-electron chi connectivity index (χ2n) is 3.12. The Morgan fingerprint density at radius 2 is 1.93 bits per heavy atom. The molecule has 0 heterocycles. The first-order chi connectivity index (χ1) is 6.57. The summed E-state index contributed by atoms with van der Waals surface area (Å²) in [4.78, 5) is 0. The number of benzene rings is 1. The van der Waals surface area contributed by atoms with Gasteiger partial charge in [0.25, 0.3) is 0 Å². The Labute approximate surface area is 93.1 Å². The molecular formula is C10H12Cl2O2. The van der Waals surface area contributed by atoms with Gasteiger partial charge >= 0.3 is 0 Å². The van der Waals surface area contributed by atoms with Gasteiger partial charge < -0.3 is 10.2 Å². The Bertz CT molecular complexity index is 311. The number of hydrogen-bond acceptors (Lipinski definition) is 2. The van der Waals surface area contributed by atoms with Crippen LogP contribution in [0.5, 0.6) is 11.5 Å². The maximum atomic E-state index is 9.54. The highest BCUT2D eigenvalue weighted by Gasteiger charge is 2.14. The molecule has 0 aliphatic carbocycles. The van der Waals surface area contributed by atoms with Crippen LogP contribution in [-0.2, 0) is 6.42 Å². The maximum Gasteiger partial charge on any atom is 0.162 e. The van der Waals surface area contributed by atoms with Gasteiger partial charge in [-0.2, -0.15) is 0 Å². The molecule has 0 unspecified atom stereocenters. The number of hydrogen-bond donors (Lipinski definition) is 2. The van der Waals surface area contributed by atoms with Crippen LogP contribution in [-0.4, -0.2) is 10.2 Å². The molecule has 0 saturated heterocycles. The van der Waals surface area contributed by atoms with Crippen molar-refractivity contribution in [3.05, 3.63) is 21.7 Å². The molecule has 1 aromatic carbocycles. The molecule has 2 N–H and O–H groups in total. The first-order valence-electron chi connectivity index (χ1n) is 4.46. The fourth-order valence-corrected chi connectivity index (χ4v) is 1.69. The van der Waals surface area contributed by atoms with E-state index in [1.807, 2.05) is 6.92 Å². The van der Waals surface area contributed by atoms with Crippen LogP contribution in [0.4, 0.5) is 0 Å². The van der Waals surface area contributed by atoms with Crippen molar-refractivity contribution in [1.82, 2.24) is 0 Å². The summed E-state index contributed by atoms with van der Waals surface area (Å²) in [6, 6.07) is 1.24. The van der Waals surface area contributed by atoms with E-state index in [9.17, 15) is 10.2 Å². The minimum atomic E-state index is -0.217. The van der Waals surface area contributed by atoms with Crippen LogP contribution in [0, 0.1) is 0 Å². The summed E-state index contributed by atoms with van der Waals surface area (Å²) in [5.74, 6) is -0.377. The van der Waals surface area contributed by atoms with Crippen molar-refractivity contribution in [1.29, 1.82) is 0 Å². The van der Waals surface area contributed by atoms with Crippen LogP contribution in [0.2, 0.25) is 10.0 Å². The minimum absolute atomic E-state index is 0.159. The van der Waals surface area contributed by atoms with Gasteiger partial charge in [-0.25, -0.2) is 0 Å². The zero-order valence-electron chi connectivity index (χ0n) is 7.85. The van der Waals surface area contributed by atoms with E-state index >= 15 is 0 Å². The monoisotopic (exact) mass is 234 g/mol. The highest BCUT2D eigenvalue weighted by atomic mass is 35.5. The molecule has 78 valence electrons. The van der Waals surface area contributed by atoms with Gasteiger partial charge in [0.1, 0.15) is 0 Å². The number of phenolic OH excluding ortho intramolecular Hbond substituents is 2. The fourth-order valence-electron chi connectivity index (χ4n) is 1.24. The van der Waals surface area contributed by atoms with Crippen molar-refractivity contribution in [3.8, 4) is 11.5 Å². The Balaban J connectivity index is 3.11. The predicted octanol–water partition coefficient (Wildman–Crippen LogP) is 3.75. The number of rotatable bonds is 3. The predicted molar refractivity (Wildman–Crippen MR) is 58.4 cm³/mol. The quantitative estimate of drug-likeness (QED) is 0.783. The third kappa shape index (κ3) is 2.25. The minimum Gasteiger partial charge on any atom is -0.504 e. The van der Waals surface area contributed by atoms with Gasteiger partial charge in [0.2, 0.25) is 0 Å². The largest absolute Gasteiger partial charge is 0.504 e. The molecule has 0 atom stereocenters. The Morgan fingerprint density at radius 1 is 1.29 bits per heavy atom. The Kier molecular flexibility index (Phi) is 3.90. The summed E-state index contributed by atoms with van der Waals surface area (Å²) in [5.41, 5.74) is 0.526. The lowest BCUT2D eigenvalue weighted by Gasteiger charge is -2.09. The highest BCUT2D eigenvalue weighted by Crippen LogP contribution is 2.40. The van der Waals surface area contributed by atoms with Crippen LogP contribution >= 0.6 is 23.2 Å². The van der Waals surface area contributed by atoms with Crippen molar-refractivity contribution in [2.45, 2.75) is 26.2 Å². The van der Waals surface area contributed by atoms with E-state index in [4.69, 9.17) is 23.2 Å². The molecule has 4 heteroatoms. The number of aromatic hydroxyl groups is 2. The Hall–Kier alpha value is -0.600. The van der Waals surface area contributed by atoms with E-state index in [-0.39, 0.29) is 16.5 Å². The SMILES string of the molecule is CCCCc1c(O)c(O)cc(Cl)c1Cl. The van der Waals surface area contributed by atoms with Gasteiger partial charge in [0.05, 0.1) is 10.0 Å². The zero-order valence-corrected chi connectivity index (χ0v) is 9.36. The summed E-state index contributed by atoms with van der Waals surface area (Å²) >= 11 is 11.7. The van der Waals surface area contributed by atoms with E-state index < -0.39 is 0 Å². The second kappa shape index (κ2) is 4.76. The van der Waals surface area contributed by atoms with Crippen molar-refractivity contribution in [2.24, 2.45) is 0 Å². The van der Waals surface area contributed by atoms with Crippen LogP contribution in [0.15, 0.2) is 6.07 Å². The molecule has 0 aliphatic rings. The second-order valence-corrected chi connectivity index (χ2v) is 3.91. The standard InChI is InChI=1S/C10H12Cl2O2/c1-2-3-4-6-9(12)7(11)5-8(13)10(6)14/h5,13-14H,2-4H2,1H3. The van der Waals surface area contributed by atoms with Crippen molar-refractivity contribution in [3.63, 3.8) is 0 Å². The Morgan fingerprint density at radius 3 is 2.50 bits per heavy atom. The summed E-state index contributed by atoms with van der Waals surface area (Å²) in [7, 11) is 0. The highest BCUT2D eigenvalue weighted by molar-refractivity contribution is 6.42. The molecule has 0 radical (unpaired) electrons. The zero-order chi connectivity index (χ0) is 10.7. The van der Waals surface area contributed by atoms with E-state index in [1.165, 1.54) is 6.07 Å². The van der Waals surface area contributed by atoms with E-state index in [0.29, 0.717) is 17.0 Å². The molecular weight excluding hydrogens is 223 g/mol. The molecule has 2 nitrogen and oxygen atoms in total. The molecule has 0 bridgehead atoms. The molecule has 0 saturated carbocycles. The molecule has 14 heavy (non-hydrogen) atoms. The van der Waals surface area contributed by atoms with Gasteiger partial charge in [-0.05, 0) is 12.8 Å². The van der Waals surface area contributed by atoms with E-state index in [2.05, 4.69) is 0 Å². The lowest BCUT2D eigenvalue weighted by molar-refractivity contribution is 0.399. The normalized spacial score (nSPS) is 10.5. The topological polar surface area (TPSA) is 40.5 Å². The molecule has 0 spiro atoms. The van der Waals surface area contributed by atoms with Gasteiger partial charge in [0, 0.05) is 11.6 Å². The van der Waals surface area contributed by atoms with E-state index in [0.717, 1.165) is 12.8 Å². The molecule has 0 fully saturated rings. The fraction of sp³-hybridized carbons (Fsp3) is 0.400. The molecule has 0 aliphatic heterocycles. The summed E-state index contributed by atoms with van der Waals surface area (Å²) in [5, 5.41) is 19.4. The smallest absolute Gasteiger partial charge is 0.162 e. The summed E-state index contributed by atoms with van der Waals surface area (Å²) in [6.45, 7) is 2.04. The van der Waals surface area contributed by atoms with Crippen molar-refractivity contribution >= 4 is 23.2 Å². The lowest BCUT2D eigenvalue weighted by Crippen LogP contribution is -1.89. The molecule has 0 aromatic heterocycles. The lowest BCUT2D eigenvalue weighted by atomic mass is 10.1.